The molecule has 3 nitrogen and oxygen atoms in total. The van der Waals surface area contributed by atoms with Gasteiger partial charge in [0.2, 0.25) is 0 Å². The van der Waals surface area contributed by atoms with Crippen LogP contribution >= 0.6 is 11.6 Å². The average Bonchev–Trinajstić information content (AvgIpc) is 2.90. The monoisotopic (exact) mass is 477 g/mol. The zero-order valence-electron chi connectivity index (χ0n) is 20.1. The summed E-state index contributed by atoms with van der Waals surface area (Å²) < 4.78 is 0. The van der Waals surface area contributed by atoms with Crippen LogP contribution in [0.5, 0.6) is 0 Å². The summed E-state index contributed by atoms with van der Waals surface area (Å²) in [5, 5.41) is 11.2. The van der Waals surface area contributed by atoms with E-state index < -0.39 is 0 Å². The van der Waals surface area contributed by atoms with Crippen LogP contribution in [0.1, 0.15) is 16.7 Å². The molecule has 1 saturated heterocycles. The zero-order valence-corrected chi connectivity index (χ0v) is 20.9. The number of hydrogen-bond donors (Lipinski definition) is 0. The summed E-state index contributed by atoms with van der Waals surface area (Å²) in [5.41, 5.74) is 9.72. The van der Waals surface area contributed by atoms with Gasteiger partial charge in [-0.15, -0.1) is 0 Å². The summed E-state index contributed by atoms with van der Waals surface area (Å²) in [7, 11) is 0. The number of piperazine rings is 1. The highest BCUT2D eigenvalue weighted by molar-refractivity contribution is 6.30. The second kappa shape index (κ2) is 9.86. The lowest BCUT2D eigenvalue weighted by molar-refractivity contribution is 0.652. The number of hydrogen-bond acceptors (Lipinski definition) is 3. The van der Waals surface area contributed by atoms with Crippen molar-refractivity contribution < 1.29 is 0 Å². The number of halogens is 1. The van der Waals surface area contributed by atoms with Crippen LogP contribution in [-0.2, 0) is 0 Å². The summed E-state index contributed by atoms with van der Waals surface area (Å²) in [6, 6.07) is 31.5. The molecule has 0 bridgehead atoms. The summed E-state index contributed by atoms with van der Waals surface area (Å²) in [6.07, 6.45) is 0. The molecule has 1 aliphatic heterocycles. The van der Waals surface area contributed by atoms with E-state index in [9.17, 15) is 5.26 Å². The maximum atomic E-state index is 10.5. The third-order valence-electron chi connectivity index (χ3n) is 6.99. The Balaban J connectivity index is 1.65. The van der Waals surface area contributed by atoms with Crippen LogP contribution in [0.2, 0.25) is 5.02 Å². The summed E-state index contributed by atoms with van der Waals surface area (Å²) in [4.78, 5) is 4.82. The molecule has 0 amide bonds. The van der Waals surface area contributed by atoms with E-state index in [-0.39, 0.29) is 0 Å². The van der Waals surface area contributed by atoms with Crippen molar-refractivity contribution in [2.75, 3.05) is 36.0 Å². The number of benzene rings is 4. The minimum atomic E-state index is 0.721. The van der Waals surface area contributed by atoms with Crippen molar-refractivity contribution in [2.24, 2.45) is 0 Å². The molecule has 174 valence electrons. The molecule has 0 atom stereocenters. The van der Waals surface area contributed by atoms with Crippen molar-refractivity contribution >= 4 is 23.0 Å². The largest absolute Gasteiger partial charge is 0.368 e. The second-order valence-corrected chi connectivity index (χ2v) is 9.45. The molecule has 1 aliphatic rings. The molecule has 0 unspecified atom stereocenters. The van der Waals surface area contributed by atoms with E-state index in [0.29, 0.717) is 0 Å². The highest BCUT2D eigenvalue weighted by Gasteiger charge is 2.27. The van der Waals surface area contributed by atoms with Crippen LogP contribution in [-0.4, -0.2) is 26.2 Å². The van der Waals surface area contributed by atoms with Gasteiger partial charge in [0.15, 0.2) is 0 Å². The van der Waals surface area contributed by atoms with Crippen molar-refractivity contribution in [2.45, 2.75) is 13.8 Å². The van der Waals surface area contributed by atoms with Gasteiger partial charge in [0.25, 0.3) is 0 Å². The standard InChI is InChI=1S/C31H28ClN3/c1-22-29(25-13-15-26(32)16-14-25)23(2)31(28(21-33)30(22)24-9-5-3-6-10-24)35-19-17-34(18-20-35)27-11-7-4-8-12-27/h3-16H,17-20H2,1-2H3. The van der Waals surface area contributed by atoms with Gasteiger partial charge in [-0.25, -0.2) is 0 Å². The smallest absolute Gasteiger partial charge is 0.102 e. The van der Waals surface area contributed by atoms with Gasteiger partial charge in [-0.2, -0.15) is 5.26 Å². The molecular weight excluding hydrogens is 450 g/mol. The third kappa shape index (κ3) is 4.38. The number of anilines is 2. The zero-order chi connectivity index (χ0) is 24.4. The van der Waals surface area contributed by atoms with Gasteiger partial charge < -0.3 is 9.80 Å². The van der Waals surface area contributed by atoms with Crippen molar-refractivity contribution in [3.63, 3.8) is 0 Å². The van der Waals surface area contributed by atoms with Crippen molar-refractivity contribution in [3.8, 4) is 28.3 Å². The molecule has 4 aromatic carbocycles. The van der Waals surface area contributed by atoms with E-state index >= 15 is 0 Å². The Morgan fingerprint density at radius 2 is 1.20 bits per heavy atom. The molecule has 0 radical (unpaired) electrons. The quantitative estimate of drug-likeness (QED) is 0.305. The fourth-order valence-corrected chi connectivity index (χ4v) is 5.49. The van der Waals surface area contributed by atoms with Crippen molar-refractivity contribution in [1.29, 1.82) is 5.26 Å². The maximum absolute atomic E-state index is 10.5. The van der Waals surface area contributed by atoms with Crippen LogP contribution in [0, 0.1) is 25.2 Å². The Morgan fingerprint density at radius 3 is 1.80 bits per heavy atom. The first-order valence-electron chi connectivity index (χ1n) is 12.0. The lowest BCUT2D eigenvalue weighted by Crippen LogP contribution is -2.47. The molecule has 0 aromatic heterocycles. The molecule has 5 rings (SSSR count). The molecular formula is C31H28ClN3. The normalized spacial score (nSPS) is 13.5. The topological polar surface area (TPSA) is 30.3 Å². The Morgan fingerprint density at radius 1 is 0.657 bits per heavy atom. The molecule has 4 heteroatoms. The van der Waals surface area contributed by atoms with E-state index in [1.165, 1.54) is 11.3 Å². The lowest BCUT2D eigenvalue weighted by Gasteiger charge is -2.39. The Bertz CT molecular complexity index is 1370. The van der Waals surface area contributed by atoms with E-state index in [1.54, 1.807) is 0 Å². The Kier molecular flexibility index (Phi) is 6.49. The molecule has 4 aromatic rings. The summed E-state index contributed by atoms with van der Waals surface area (Å²) >= 11 is 6.21. The number of rotatable bonds is 4. The first-order chi connectivity index (χ1) is 17.1. The van der Waals surface area contributed by atoms with Crippen molar-refractivity contribution in [1.82, 2.24) is 0 Å². The predicted octanol–water partition coefficient (Wildman–Crippen LogP) is 7.49. The van der Waals surface area contributed by atoms with Crippen LogP contribution in [0.25, 0.3) is 22.3 Å². The molecule has 1 heterocycles. The van der Waals surface area contributed by atoms with Crippen LogP contribution < -0.4 is 9.80 Å². The van der Waals surface area contributed by atoms with Gasteiger partial charge in [0.1, 0.15) is 6.07 Å². The highest BCUT2D eigenvalue weighted by atomic mass is 35.5. The fraction of sp³-hybridized carbons (Fsp3) is 0.194. The molecule has 0 aliphatic carbocycles. The van der Waals surface area contributed by atoms with E-state index in [1.807, 2.05) is 30.3 Å². The van der Waals surface area contributed by atoms with Gasteiger partial charge in [-0.05, 0) is 65.9 Å². The minimum absolute atomic E-state index is 0.721. The van der Waals surface area contributed by atoms with Gasteiger partial charge in [-0.1, -0.05) is 72.3 Å². The molecule has 35 heavy (non-hydrogen) atoms. The molecule has 0 N–H and O–H groups in total. The number of para-hydroxylation sites is 1. The Hall–Kier alpha value is -3.74. The predicted molar refractivity (Wildman–Crippen MR) is 147 cm³/mol. The second-order valence-electron chi connectivity index (χ2n) is 9.02. The van der Waals surface area contributed by atoms with Gasteiger partial charge >= 0.3 is 0 Å². The SMILES string of the molecule is Cc1c(-c2ccc(Cl)cc2)c(C)c(N2CCN(c3ccccc3)CC2)c(C#N)c1-c1ccccc1. The van der Waals surface area contributed by atoms with Crippen LogP contribution in [0.4, 0.5) is 11.4 Å². The third-order valence-corrected chi connectivity index (χ3v) is 7.24. The first kappa shape index (κ1) is 23.0. The number of nitriles is 1. The molecule has 0 saturated carbocycles. The van der Waals surface area contributed by atoms with E-state index in [0.717, 1.165) is 70.3 Å². The maximum Gasteiger partial charge on any atom is 0.102 e. The van der Waals surface area contributed by atoms with E-state index in [2.05, 4.69) is 84.3 Å². The van der Waals surface area contributed by atoms with Gasteiger partial charge in [-0.3, -0.25) is 0 Å². The van der Waals surface area contributed by atoms with Crippen molar-refractivity contribution in [3.05, 3.63) is 107 Å². The fourth-order valence-electron chi connectivity index (χ4n) is 5.36. The minimum Gasteiger partial charge on any atom is -0.368 e. The molecule has 0 spiro atoms. The van der Waals surface area contributed by atoms with E-state index in [4.69, 9.17) is 11.6 Å². The first-order valence-corrected chi connectivity index (χ1v) is 12.4. The van der Waals surface area contributed by atoms with Crippen LogP contribution in [0.3, 0.4) is 0 Å². The van der Waals surface area contributed by atoms with Gasteiger partial charge in [0.05, 0.1) is 11.3 Å². The van der Waals surface area contributed by atoms with Gasteiger partial charge in [0, 0.05) is 42.5 Å². The average molecular weight is 478 g/mol. The lowest BCUT2D eigenvalue weighted by atomic mass is 9.84. The highest BCUT2D eigenvalue weighted by Crippen LogP contribution is 2.44. The molecule has 1 fully saturated rings. The summed E-state index contributed by atoms with van der Waals surface area (Å²) in [5.74, 6) is 0. The van der Waals surface area contributed by atoms with Crippen LogP contribution in [0.15, 0.2) is 84.9 Å². The number of nitrogens with zero attached hydrogens (tertiary/aromatic N) is 3. The Labute approximate surface area is 212 Å². The summed E-state index contributed by atoms with van der Waals surface area (Å²) in [6.45, 7) is 7.85.